The molecule has 1 heteroatoms. The third-order valence-corrected chi connectivity index (χ3v) is 13.8. The summed E-state index contributed by atoms with van der Waals surface area (Å²) in [6.45, 7) is 11.7. The SMILES string of the molecule is Cc1cccc(N(c2ccc(-c3ccc4c(c3)C(C)(C)c3ccccc3-4)cc2)c2ccc3c(c2)C(C)(C)c2cc(-c4ccc(-c5ccc(-c6ccccc6)cc5)cc4)ccc2-3)c1. The van der Waals surface area contributed by atoms with Gasteiger partial charge in [-0.2, -0.15) is 0 Å². The second-order valence-corrected chi connectivity index (χ2v) is 18.3. The van der Waals surface area contributed by atoms with Gasteiger partial charge in [0.1, 0.15) is 0 Å². The summed E-state index contributed by atoms with van der Waals surface area (Å²) in [5.41, 5.74) is 25.2. The molecule has 9 aromatic carbocycles. The van der Waals surface area contributed by atoms with Gasteiger partial charge in [-0.25, -0.2) is 0 Å². The molecule has 62 heavy (non-hydrogen) atoms. The van der Waals surface area contributed by atoms with Gasteiger partial charge >= 0.3 is 0 Å². The Morgan fingerprint density at radius 1 is 0.274 bits per heavy atom. The number of hydrogen-bond donors (Lipinski definition) is 0. The average Bonchev–Trinajstić information content (AvgIpc) is 3.68. The number of benzene rings is 9. The van der Waals surface area contributed by atoms with E-state index in [-0.39, 0.29) is 10.8 Å². The van der Waals surface area contributed by atoms with Crippen molar-refractivity contribution in [1.29, 1.82) is 0 Å². The number of aryl methyl sites for hydroxylation is 1. The van der Waals surface area contributed by atoms with Crippen molar-refractivity contribution in [2.75, 3.05) is 4.90 Å². The third-order valence-electron chi connectivity index (χ3n) is 13.8. The fourth-order valence-corrected chi connectivity index (χ4v) is 10.3. The predicted molar refractivity (Wildman–Crippen MR) is 263 cm³/mol. The quantitative estimate of drug-likeness (QED) is 0.155. The van der Waals surface area contributed by atoms with Crippen LogP contribution in [0.3, 0.4) is 0 Å². The first-order valence-electron chi connectivity index (χ1n) is 21.9. The van der Waals surface area contributed by atoms with E-state index < -0.39 is 0 Å². The molecule has 0 aromatic heterocycles. The van der Waals surface area contributed by atoms with Crippen LogP contribution in [-0.2, 0) is 10.8 Å². The molecule has 2 aliphatic rings. The van der Waals surface area contributed by atoms with Gasteiger partial charge in [-0.1, -0.05) is 185 Å². The van der Waals surface area contributed by atoms with Crippen LogP contribution in [0.5, 0.6) is 0 Å². The molecule has 0 radical (unpaired) electrons. The zero-order valence-electron chi connectivity index (χ0n) is 36.1. The lowest BCUT2D eigenvalue weighted by Crippen LogP contribution is -2.16. The third kappa shape index (κ3) is 6.22. The van der Waals surface area contributed by atoms with Crippen LogP contribution in [0.15, 0.2) is 206 Å². The Morgan fingerprint density at radius 3 is 1.23 bits per heavy atom. The molecular weight excluding hydrogens is 747 g/mol. The molecule has 0 spiro atoms. The van der Waals surface area contributed by atoms with E-state index >= 15 is 0 Å². The van der Waals surface area contributed by atoms with Crippen LogP contribution >= 0.6 is 0 Å². The molecule has 298 valence electrons. The molecule has 0 saturated carbocycles. The van der Waals surface area contributed by atoms with Crippen LogP contribution < -0.4 is 4.90 Å². The minimum absolute atomic E-state index is 0.0325. The highest BCUT2D eigenvalue weighted by atomic mass is 15.1. The van der Waals surface area contributed by atoms with Crippen molar-refractivity contribution >= 4 is 17.1 Å². The highest BCUT2D eigenvalue weighted by Gasteiger charge is 2.37. The summed E-state index contributed by atoms with van der Waals surface area (Å²) in [4.78, 5) is 2.42. The Bertz CT molecular complexity index is 3150. The highest BCUT2D eigenvalue weighted by Crippen LogP contribution is 2.52. The smallest absolute Gasteiger partial charge is 0.0465 e. The normalized spacial score (nSPS) is 13.8. The number of fused-ring (bicyclic) bond motifs is 6. The van der Waals surface area contributed by atoms with Crippen LogP contribution in [0.2, 0.25) is 0 Å². The van der Waals surface area contributed by atoms with Crippen LogP contribution in [0.4, 0.5) is 17.1 Å². The van der Waals surface area contributed by atoms with E-state index in [1.165, 1.54) is 94.6 Å². The first-order chi connectivity index (χ1) is 30.1. The Kier molecular flexibility index (Phi) is 8.81. The average molecular weight is 796 g/mol. The van der Waals surface area contributed by atoms with Crippen molar-refractivity contribution in [3.63, 3.8) is 0 Å². The Labute approximate surface area is 366 Å². The molecule has 2 aliphatic carbocycles. The van der Waals surface area contributed by atoms with Gasteiger partial charge in [0, 0.05) is 27.9 Å². The maximum Gasteiger partial charge on any atom is 0.0465 e. The Hall–Kier alpha value is -7.22. The van der Waals surface area contributed by atoms with Gasteiger partial charge in [-0.3, -0.25) is 0 Å². The predicted octanol–water partition coefficient (Wildman–Crippen LogP) is 16.7. The lowest BCUT2D eigenvalue weighted by Gasteiger charge is -2.28. The van der Waals surface area contributed by atoms with Gasteiger partial charge in [-0.05, 0) is 150 Å². The molecule has 0 aliphatic heterocycles. The molecule has 0 saturated heterocycles. The fraction of sp³-hybridized carbons (Fsp3) is 0.115. The van der Waals surface area contributed by atoms with Crippen LogP contribution in [0.1, 0.15) is 55.5 Å². The van der Waals surface area contributed by atoms with Crippen molar-refractivity contribution < 1.29 is 0 Å². The van der Waals surface area contributed by atoms with Gasteiger partial charge in [0.2, 0.25) is 0 Å². The largest absolute Gasteiger partial charge is 0.310 e. The Morgan fingerprint density at radius 2 is 0.661 bits per heavy atom. The second-order valence-electron chi connectivity index (χ2n) is 18.3. The van der Waals surface area contributed by atoms with E-state index in [4.69, 9.17) is 0 Å². The van der Waals surface area contributed by atoms with Crippen LogP contribution in [0.25, 0.3) is 66.8 Å². The molecule has 0 heterocycles. The monoisotopic (exact) mass is 795 g/mol. The number of nitrogens with zero attached hydrogens (tertiary/aromatic N) is 1. The molecule has 0 unspecified atom stereocenters. The minimum Gasteiger partial charge on any atom is -0.310 e. The highest BCUT2D eigenvalue weighted by molar-refractivity contribution is 5.89. The first-order valence-corrected chi connectivity index (χ1v) is 21.9. The van der Waals surface area contributed by atoms with Gasteiger partial charge in [-0.15, -0.1) is 0 Å². The molecule has 1 nitrogen and oxygen atoms in total. The molecule has 0 N–H and O–H groups in total. The van der Waals surface area contributed by atoms with E-state index in [0.29, 0.717) is 0 Å². The second kappa shape index (κ2) is 14.5. The Balaban J connectivity index is 0.894. The zero-order valence-corrected chi connectivity index (χ0v) is 36.1. The molecule has 9 aromatic rings. The van der Waals surface area contributed by atoms with Crippen LogP contribution in [0, 0.1) is 6.92 Å². The van der Waals surface area contributed by atoms with E-state index in [1.807, 2.05) is 0 Å². The van der Waals surface area contributed by atoms with Gasteiger partial charge in [0.25, 0.3) is 0 Å². The van der Waals surface area contributed by atoms with Gasteiger partial charge in [0.05, 0.1) is 0 Å². The van der Waals surface area contributed by atoms with Crippen molar-refractivity contribution in [2.24, 2.45) is 0 Å². The molecule has 0 amide bonds. The first kappa shape index (κ1) is 37.8. The molecule has 0 fully saturated rings. The lowest BCUT2D eigenvalue weighted by atomic mass is 9.81. The fourth-order valence-electron chi connectivity index (χ4n) is 10.3. The summed E-state index contributed by atoms with van der Waals surface area (Å²) in [6.07, 6.45) is 0. The molecular formula is C61H49N. The number of rotatable bonds is 7. The number of hydrogen-bond acceptors (Lipinski definition) is 1. The van der Waals surface area contributed by atoms with E-state index in [2.05, 4.69) is 246 Å². The summed E-state index contributed by atoms with van der Waals surface area (Å²) in [5, 5.41) is 0. The minimum atomic E-state index is -0.180. The molecule has 11 rings (SSSR count). The molecule has 0 atom stereocenters. The van der Waals surface area contributed by atoms with E-state index in [0.717, 1.165) is 17.1 Å². The van der Waals surface area contributed by atoms with Gasteiger partial charge < -0.3 is 4.90 Å². The summed E-state index contributed by atoms with van der Waals surface area (Å²) in [6, 6.07) is 76.5. The zero-order chi connectivity index (χ0) is 42.2. The maximum atomic E-state index is 2.43. The van der Waals surface area contributed by atoms with E-state index in [9.17, 15) is 0 Å². The standard InChI is InChI=1S/C61H49N/c1-40-12-11-15-50(36-40)62(49-30-26-46(27-31-49)48-28-33-53-52-16-9-10-17-56(52)60(2,3)57(53)37-48)51-32-35-55-54-34-29-47(38-58(54)61(4,5)59(55)39-51)45-24-22-44(23-25-45)43-20-18-42(19-21-43)41-13-7-6-8-14-41/h6-39H,1-5H3. The summed E-state index contributed by atoms with van der Waals surface area (Å²) >= 11 is 0. The van der Waals surface area contributed by atoms with Crippen molar-refractivity contribution in [2.45, 2.75) is 45.4 Å². The summed E-state index contributed by atoms with van der Waals surface area (Å²) < 4.78 is 0. The van der Waals surface area contributed by atoms with Crippen molar-refractivity contribution in [3.05, 3.63) is 234 Å². The number of anilines is 3. The lowest BCUT2D eigenvalue weighted by molar-refractivity contribution is 0.660. The van der Waals surface area contributed by atoms with Crippen molar-refractivity contribution in [1.82, 2.24) is 0 Å². The maximum absolute atomic E-state index is 2.43. The summed E-state index contributed by atoms with van der Waals surface area (Å²) in [7, 11) is 0. The van der Waals surface area contributed by atoms with Crippen LogP contribution in [-0.4, -0.2) is 0 Å². The van der Waals surface area contributed by atoms with Crippen molar-refractivity contribution in [3.8, 4) is 66.8 Å². The molecule has 0 bridgehead atoms. The van der Waals surface area contributed by atoms with E-state index in [1.54, 1.807) is 0 Å². The topological polar surface area (TPSA) is 3.24 Å². The van der Waals surface area contributed by atoms with Gasteiger partial charge in [0.15, 0.2) is 0 Å². The summed E-state index contributed by atoms with van der Waals surface area (Å²) in [5.74, 6) is 0.